The molecule has 0 aliphatic carbocycles. The number of amides is 1. The molecule has 0 saturated carbocycles. The van der Waals surface area contributed by atoms with Crippen molar-refractivity contribution in [3.05, 3.63) is 52.2 Å². The van der Waals surface area contributed by atoms with Gasteiger partial charge in [-0.15, -0.1) is 11.3 Å². The Bertz CT molecular complexity index is 594. The lowest BCUT2D eigenvalue weighted by atomic mass is 10.1. The highest BCUT2D eigenvalue weighted by molar-refractivity contribution is 7.10. The van der Waals surface area contributed by atoms with Crippen LogP contribution in [0, 0.1) is 0 Å². The number of fused-ring (bicyclic) bond motifs is 1. The molecule has 104 valence electrons. The number of hydrogen-bond donors (Lipinski definition) is 2. The van der Waals surface area contributed by atoms with Crippen molar-refractivity contribution in [3.63, 3.8) is 0 Å². The van der Waals surface area contributed by atoms with Gasteiger partial charge in [0.05, 0.1) is 6.04 Å². The molecule has 0 fully saturated rings. The van der Waals surface area contributed by atoms with Gasteiger partial charge >= 0.3 is 0 Å². The Morgan fingerprint density at radius 2 is 2.15 bits per heavy atom. The molecule has 2 aromatic rings. The van der Waals surface area contributed by atoms with E-state index in [0.717, 1.165) is 18.5 Å². The molecular formula is C16H18N2OS. The lowest BCUT2D eigenvalue weighted by Gasteiger charge is -2.20. The molecule has 20 heavy (non-hydrogen) atoms. The SMILES string of the molecule is C[C@@H](NC1CCc2ccccc2NC1=O)c1cccs1. The summed E-state index contributed by atoms with van der Waals surface area (Å²) in [5.74, 6) is 0.0679. The first kappa shape index (κ1) is 13.3. The molecule has 2 heterocycles. The molecule has 0 radical (unpaired) electrons. The van der Waals surface area contributed by atoms with Gasteiger partial charge in [-0.2, -0.15) is 0 Å². The zero-order valence-corrected chi connectivity index (χ0v) is 12.2. The second kappa shape index (κ2) is 5.77. The van der Waals surface area contributed by atoms with E-state index in [1.807, 2.05) is 24.3 Å². The molecule has 1 aliphatic rings. The summed E-state index contributed by atoms with van der Waals surface area (Å²) in [7, 11) is 0. The zero-order valence-electron chi connectivity index (χ0n) is 11.4. The number of carbonyl (C=O) groups is 1. The highest BCUT2D eigenvalue weighted by Gasteiger charge is 2.25. The van der Waals surface area contributed by atoms with Crippen LogP contribution >= 0.6 is 11.3 Å². The fourth-order valence-corrected chi connectivity index (χ4v) is 3.34. The van der Waals surface area contributed by atoms with E-state index in [2.05, 4.69) is 35.1 Å². The summed E-state index contributed by atoms with van der Waals surface area (Å²) >= 11 is 1.72. The first-order valence-corrected chi connectivity index (χ1v) is 7.80. The molecule has 0 spiro atoms. The summed E-state index contributed by atoms with van der Waals surface area (Å²) in [4.78, 5) is 13.6. The first-order chi connectivity index (χ1) is 9.74. The second-order valence-corrected chi connectivity index (χ2v) is 6.12. The molecule has 1 aromatic heterocycles. The average Bonchev–Trinajstić information content (AvgIpc) is 2.93. The van der Waals surface area contributed by atoms with Crippen molar-refractivity contribution in [2.45, 2.75) is 31.8 Å². The van der Waals surface area contributed by atoms with Gasteiger partial charge in [0.1, 0.15) is 0 Å². The van der Waals surface area contributed by atoms with Crippen molar-refractivity contribution in [1.29, 1.82) is 0 Å². The summed E-state index contributed by atoms with van der Waals surface area (Å²) in [5, 5.41) is 8.54. The summed E-state index contributed by atoms with van der Waals surface area (Å²) in [6.45, 7) is 2.11. The van der Waals surface area contributed by atoms with Gasteiger partial charge in [-0.3, -0.25) is 10.1 Å². The molecule has 0 bridgehead atoms. The highest BCUT2D eigenvalue weighted by atomic mass is 32.1. The lowest BCUT2D eigenvalue weighted by Crippen LogP contribution is -2.40. The number of hydrogen-bond acceptors (Lipinski definition) is 3. The minimum atomic E-state index is -0.139. The lowest BCUT2D eigenvalue weighted by molar-refractivity contribution is -0.118. The normalized spacial score (nSPS) is 19.9. The summed E-state index contributed by atoms with van der Waals surface area (Å²) in [6, 6.07) is 12.2. The van der Waals surface area contributed by atoms with E-state index in [-0.39, 0.29) is 18.0 Å². The van der Waals surface area contributed by atoms with Gasteiger partial charge in [0.15, 0.2) is 0 Å². The van der Waals surface area contributed by atoms with Crippen molar-refractivity contribution >= 4 is 22.9 Å². The van der Waals surface area contributed by atoms with Crippen LogP contribution in [0.2, 0.25) is 0 Å². The molecule has 4 heteroatoms. The van der Waals surface area contributed by atoms with E-state index in [1.54, 1.807) is 11.3 Å². The monoisotopic (exact) mass is 286 g/mol. The minimum absolute atomic E-state index is 0.0679. The summed E-state index contributed by atoms with van der Waals surface area (Å²) in [5.41, 5.74) is 2.17. The van der Waals surface area contributed by atoms with Crippen molar-refractivity contribution < 1.29 is 4.79 Å². The molecule has 3 rings (SSSR count). The van der Waals surface area contributed by atoms with Crippen molar-refractivity contribution in [3.8, 4) is 0 Å². The fraction of sp³-hybridized carbons (Fsp3) is 0.312. The Morgan fingerprint density at radius 3 is 2.95 bits per heavy atom. The molecule has 1 aromatic carbocycles. The van der Waals surface area contributed by atoms with E-state index in [9.17, 15) is 4.79 Å². The van der Waals surface area contributed by atoms with E-state index >= 15 is 0 Å². The van der Waals surface area contributed by atoms with Crippen LogP contribution in [-0.2, 0) is 11.2 Å². The number of thiophene rings is 1. The first-order valence-electron chi connectivity index (χ1n) is 6.92. The summed E-state index contributed by atoms with van der Waals surface area (Å²) in [6.07, 6.45) is 1.75. The molecule has 1 unspecified atom stereocenters. The fourth-order valence-electron chi connectivity index (χ4n) is 2.59. The van der Waals surface area contributed by atoms with E-state index in [0.29, 0.717) is 0 Å². The van der Waals surface area contributed by atoms with Gasteiger partial charge in [0, 0.05) is 16.6 Å². The standard InChI is InChI=1S/C16H18N2OS/c1-11(15-7-4-10-20-15)17-14-9-8-12-5-2-3-6-13(12)18-16(14)19/h2-7,10-11,14,17H,8-9H2,1H3,(H,18,19)/t11-,14?/m1/s1. The molecule has 3 nitrogen and oxygen atoms in total. The van der Waals surface area contributed by atoms with Crippen molar-refractivity contribution in [2.24, 2.45) is 0 Å². The number of benzene rings is 1. The highest BCUT2D eigenvalue weighted by Crippen LogP contribution is 2.24. The zero-order chi connectivity index (χ0) is 13.9. The average molecular weight is 286 g/mol. The number of carbonyl (C=O) groups excluding carboxylic acids is 1. The number of nitrogens with one attached hydrogen (secondary N) is 2. The van der Waals surface area contributed by atoms with Crippen LogP contribution in [0.5, 0.6) is 0 Å². The predicted molar refractivity (Wildman–Crippen MR) is 83.1 cm³/mol. The maximum absolute atomic E-state index is 12.3. The molecule has 2 atom stereocenters. The number of aryl methyl sites for hydroxylation is 1. The van der Waals surface area contributed by atoms with Gasteiger partial charge in [-0.25, -0.2) is 0 Å². The Morgan fingerprint density at radius 1 is 1.30 bits per heavy atom. The van der Waals surface area contributed by atoms with E-state index in [4.69, 9.17) is 0 Å². The van der Waals surface area contributed by atoms with E-state index < -0.39 is 0 Å². The van der Waals surface area contributed by atoms with Crippen LogP contribution in [0.15, 0.2) is 41.8 Å². The third-order valence-electron chi connectivity index (χ3n) is 3.72. The van der Waals surface area contributed by atoms with Gasteiger partial charge in [0.25, 0.3) is 0 Å². The van der Waals surface area contributed by atoms with Crippen LogP contribution in [0.4, 0.5) is 5.69 Å². The topological polar surface area (TPSA) is 41.1 Å². The predicted octanol–water partition coefficient (Wildman–Crippen LogP) is 3.35. The quantitative estimate of drug-likeness (QED) is 0.908. The second-order valence-electron chi connectivity index (χ2n) is 5.14. The maximum atomic E-state index is 12.3. The molecule has 2 N–H and O–H groups in total. The largest absolute Gasteiger partial charge is 0.324 e. The number of anilines is 1. The van der Waals surface area contributed by atoms with Crippen molar-refractivity contribution in [2.75, 3.05) is 5.32 Å². The molecular weight excluding hydrogens is 268 g/mol. The number of para-hydroxylation sites is 1. The number of rotatable bonds is 3. The summed E-state index contributed by atoms with van der Waals surface area (Å²) < 4.78 is 0. The van der Waals surface area contributed by atoms with Gasteiger partial charge in [-0.1, -0.05) is 24.3 Å². The molecule has 0 saturated heterocycles. The minimum Gasteiger partial charge on any atom is -0.324 e. The Kier molecular flexibility index (Phi) is 3.85. The van der Waals surface area contributed by atoms with Gasteiger partial charge in [0.2, 0.25) is 5.91 Å². The van der Waals surface area contributed by atoms with Crippen LogP contribution < -0.4 is 10.6 Å². The smallest absolute Gasteiger partial charge is 0.241 e. The Hall–Kier alpha value is -1.65. The van der Waals surface area contributed by atoms with Gasteiger partial charge in [-0.05, 0) is 42.8 Å². The molecule has 1 aliphatic heterocycles. The third kappa shape index (κ3) is 2.76. The molecule has 1 amide bonds. The van der Waals surface area contributed by atoms with Gasteiger partial charge < -0.3 is 5.32 Å². The Balaban J connectivity index is 1.72. The van der Waals surface area contributed by atoms with Crippen LogP contribution in [0.1, 0.15) is 29.8 Å². The Labute approximate surface area is 123 Å². The third-order valence-corrected chi connectivity index (χ3v) is 4.77. The van der Waals surface area contributed by atoms with Crippen LogP contribution in [0.3, 0.4) is 0 Å². The van der Waals surface area contributed by atoms with Crippen molar-refractivity contribution in [1.82, 2.24) is 5.32 Å². The van der Waals surface area contributed by atoms with Crippen LogP contribution in [-0.4, -0.2) is 11.9 Å². The van der Waals surface area contributed by atoms with E-state index in [1.165, 1.54) is 10.4 Å². The maximum Gasteiger partial charge on any atom is 0.241 e. The van der Waals surface area contributed by atoms with Crippen LogP contribution in [0.25, 0.3) is 0 Å².